The van der Waals surface area contributed by atoms with Gasteiger partial charge in [-0.05, 0) is 91.6 Å². The first kappa shape index (κ1) is 40.7. The zero-order chi connectivity index (χ0) is 42.2. The summed E-state index contributed by atoms with van der Waals surface area (Å²) in [5.74, 6) is -3.88. The summed E-state index contributed by atoms with van der Waals surface area (Å²) in [6, 6.07) is 49.7. The largest absolute Gasteiger partial charge is 0.425 e. The summed E-state index contributed by atoms with van der Waals surface area (Å²) in [7, 11) is 0. The van der Waals surface area contributed by atoms with Crippen LogP contribution in [0.1, 0.15) is 0 Å². The molecule has 8 aromatic rings. The van der Waals surface area contributed by atoms with E-state index in [1.54, 1.807) is 72.8 Å². The zero-order valence-electron chi connectivity index (χ0n) is 31.5. The lowest BCUT2D eigenvalue weighted by Crippen LogP contribution is -2.43. The van der Waals surface area contributed by atoms with E-state index in [9.17, 15) is 39.6 Å². The fourth-order valence-electron chi connectivity index (χ4n) is 6.15. The fraction of sp³-hybridized carbons (Fsp3) is 0.0833. The van der Waals surface area contributed by atoms with E-state index in [-0.39, 0.29) is 23.0 Å². The molecule has 300 valence electrons. The molecule has 0 bridgehead atoms. The summed E-state index contributed by atoms with van der Waals surface area (Å²) < 4.78 is 20.4. The van der Waals surface area contributed by atoms with Gasteiger partial charge in [0.15, 0.2) is 24.4 Å². The second-order valence-electron chi connectivity index (χ2n) is 13.5. The molecule has 0 saturated carbocycles. The Bertz CT molecular complexity index is 2470. The number of hydrogen-bond donors (Lipinski definition) is 4. The molecule has 0 aliphatic carbocycles. The van der Waals surface area contributed by atoms with Crippen molar-refractivity contribution < 1.29 is 58.6 Å². The summed E-state index contributed by atoms with van der Waals surface area (Å²) in [6.07, 6.45) is -8.37. The van der Waals surface area contributed by atoms with Gasteiger partial charge in [-0.15, -0.1) is 0 Å². The quantitative estimate of drug-likeness (QED) is 0.0876. The number of carbonyl (C=O) groups excluding carboxylic acids is 4. The molecule has 12 heteroatoms. The minimum Gasteiger partial charge on any atom is -0.425 e. The molecule has 8 rings (SSSR count). The Balaban J connectivity index is 0.000000181. The SMILES string of the molecule is O=C(Oc1ccc2ccccc2c1)[C@H](O)[C@@H](O)C(=O)Oc1ccc2ccccc2c1.O=C(Oc1ccc2ccccc2c1)[C@H](O)[C@@H](O)C(=O)Oc1ccc2ccccc2c1. The van der Waals surface area contributed by atoms with Gasteiger partial charge in [0.1, 0.15) is 23.0 Å². The van der Waals surface area contributed by atoms with Crippen molar-refractivity contribution in [3.8, 4) is 23.0 Å². The van der Waals surface area contributed by atoms with E-state index in [4.69, 9.17) is 18.9 Å². The molecule has 4 N–H and O–H groups in total. The predicted molar refractivity (Wildman–Crippen MR) is 222 cm³/mol. The minimum atomic E-state index is -2.09. The van der Waals surface area contributed by atoms with Gasteiger partial charge in [0, 0.05) is 0 Å². The van der Waals surface area contributed by atoms with Crippen molar-refractivity contribution in [3.63, 3.8) is 0 Å². The lowest BCUT2D eigenvalue weighted by Gasteiger charge is -2.16. The zero-order valence-corrected chi connectivity index (χ0v) is 31.5. The first-order chi connectivity index (χ1) is 29.0. The number of fused-ring (bicyclic) bond motifs is 4. The van der Waals surface area contributed by atoms with E-state index >= 15 is 0 Å². The molecule has 60 heavy (non-hydrogen) atoms. The predicted octanol–water partition coefficient (Wildman–Crippen LogP) is 6.45. The molecular weight excluding hydrogens is 769 g/mol. The van der Waals surface area contributed by atoms with Crippen molar-refractivity contribution >= 4 is 67.0 Å². The van der Waals surface area contributed by atoms with Crippen molar-refractivity contribution in [2.75, 3.05) is 0 Å². The van der Waals surface area contributed by atoms with Crippen molar-refractivity contribution in [2.24, 2.45) is 0 Å². The number of aliphatic hydroxyl groups excluding tert-OH is 4. The van der Waals surface area contributed by atoms with E-state index in [0.717, 1.165) is 43.1 Å². The molecule has 0 aliphatic rings. The molecule has 0 spiro atoms. The van der Waals surface area contributed by atoms with Crippen LogP contribution in [0.15, 0.2) is 170 Å². The maximum Gasteiger partial charge on any atom is 0.343 e. The summed E-state index contributed by atoms with van der Waals surface area (Å²) in [4.78, 5) is 48.7. The van der Waals surface area contributed by atoms with E-state index in [0.29, 0.717) is 0 Å². The Labute approximate surface area is 342 Å². The van der Waals surface area contributed by atoms with Gasteiger partial charge in [-0.3, -0.25) is 0 Å². The van der Waals surface area contributed by atoms with E-state index in [2.05, 4.69) is 0 Å². The van der Waals surface area contributed by atoms with Crippen LogP contribution in [-0.4, -0.2) is 68.7 Å². The standard InChI is InChI=1S/2C24H18O6/c2*25-21(23(27)29-19-11-9-15-5-1-3-7-17(15)13-19)22(26)24(28)30-20-12-10-16-6-2-4-8-18(16)14-20/h2*1-14,21-22,25-26H/t2*21-,22-/m11/s1. The topological polar surface area (TPSA) is 186 Å². The van der Waals surface area contributed by atoms with Crippen LogP contribution in [0.2, 0.25) is 0 Å². The van der Waals surface area contributed by atoms with Crippen molar-refractivity contribution in [3.05, 3.63) is 170 Å². The third-order valence-electron chi connectivity index (χ3n) is 9.32. The minimum absolute atomic E-state index is 0.188. The van der Waals surface area contributed by atoms with Gasteiger partial charge in [-0.2, -0.15) is 0 Å². The number of rotatable bonds is 10. The normalized spacial score (nSPS) is 13.0. The maximum absolute atomic E-state index is 12.2. The number of carbonyl (C=O) groups is 4. The average Bonchev–Trinajstić information content (AvgIpc) is 3.28. The van der Waals surface area contributed by atoms with E-state index < -0.39 is 48.3 Å². The van der Waals surface area contributed by atoms with Gasteiger partial charge >= 0.3 is 23.9 Å². The highest BCUT2D eigenvalue weighted by Gasteiger charge is 2.35. The van der Waals surface area contributed by atoms with Gasteiger partial charge < -0.3 is 39.4 Å². The van der Waals surface area contributed by atoms with Crippen LogP contribution in [0.3, 0.4) is 0 Å². The molecule has 0 aromatic heterocycles. The van der Waals surface area contributed by atoms with Gasteiger partial charge in [-0.25, -0.2) is 19.2 Å². The van der Waals surface area contributed by atoms with Crippen LogP contribution in [-0.2, 0) is 19.2 Å². The molecular formula is C48H36O12. The Hall–Kier alpha value is -7.48. The Morgan fingerprint density at radius 3 is 0.667 bits per heavy atom. The van der Waals surface area contributed by atoms with E-state index in [1.807, 2.05) is 97.1 Å². The van der Waals surface area contributed by atoms with Crippen LogP contribution in [0, 0.1) is 0 Å². The summed E-state index contributed by atoms with van der Waals surface area (Å²) >= 11 is 0. The third kappa shape index (κ3) is 9.79. The monoisotopic (exact) mass is 804 g/mol. The second kappa shape index (κ2) is 18.4. The van der Waals surface area contributed by atoms with Crippen LogP contribution < -0.4 is 18.9 Å². The number of hydrogen-bond acceptors (Lipinski definition) is 12. The lowest BCUT2D eigenvalue weighted by molar-refractivity contribution is -0.162. The van der Waals surface area contributed by atoms with Crippen molar-refractivity contribution in [2.45, 2.75) is 24.4 Å². The molecule has 12 nitrogen and oxygen atoms in total. The highest BCUT2D eigenvalue weighted by Crippen LogP contribution is 2.25. The molecule has 0 saturated heterocycles. The van der Waals surface area contributed by atoms with Crippen LogP contribution in [0.5, 0.6) is 23.0 Å². The lowest BCUT2D eigenvalue weighted by atomic mass is 10.1. The molecule has 0 fully saturated rings. The molecule has 4 atom stereocenters. The molecule has 0 radical (unpaired) electrons. The second-order valence-corrected chi connectivity index (χ2v) is 13.5. The molecule has 0 heterocycles. The summed E-state index contributed by atoms with van der Waals surface area (Å²) in [6.45, 7) is 0. The summed E-state index contributed by atoms with van der Waals surface area (Å²) in [5.41, 5.74) is 0. The van der Waals surface area contributed by atoms with E-state index in [1.165, 1.54) is 0 Å². The summed E-state index contributed by atoms with van der Waals surface area (Å²) in [5, 5.41) is 47.4. The number of aliphatic hydroxyl groups is 4. The maximum atomic E-state index is 12.2. The van der Waals surface area contributed by atoms with Crippen LogP contribution >= 0.6 is 0 Å². The molecule has 0 aliphatic heterocycles. The highest BCUT2D eigenvalue weighted by atomic mass is 16.6. The molecule has 8 aromatic carbocycles. The molecule has 0 unspecified atom stereocenters. The van der Waals surface area contributed by atoms with Crippen molar-refractivity contribution in [1.82, 2.24) is 0 Å². The van der Waals surface area contributed by atoms with Crippen LogP contribution in [0.4, 0.5) is 0 Å². The Morgan fingerprint density at radius 2 is 0.467 bits per heavy atom. The number of esters is 4. The number of benzene rings is 8. The Morgan fingerprint density at radius 1 is 0.283 bits per heavy atom. The Kier molecular flexibility index (Phi) is 12.5. The highest BCUT2D eigenvalue weighted by molar-refractivity contribution is 5.91. The van der Waals surface area contributed by atoms with Gasteiger partial charge in [0.2, 0.25) is 0 Å². The van der Waals surface area contributed by atoms with Gasteiger partial charge in [0.25, 0.3) is 0 Å². The smallest absolute Gasteiger partial charge is 0.343 e. The first-order valence-electron chi connectivity index (χ1n) is 18.6. The first-order valence-corrected chi connectivity index (χ1v) is 18.6. The average molecular weight is 805 g/mol. The molecule has 0 amide bonds. The van der Waals surface area contributed by atoms with Gasteiger partial charge in [0.05, 0.1) is 0 Å². The fourth-order valence-corrected chi connectivity index (χ4v) is 6.15. The van der Waals surface area contributed by atoms with Crippen LogP contribution in [0.25, 0.3) is 43.1 Å². The van der Waals surface area contributed by atoms with Gasteiger partial charge in [-0.1, -0.05) is 121 Å². The number of ether oxygens (including phenoxy) is 4. The van der Waals surface area contributed by atoms with Crippen molar-refractivity contribution in [1.29, 1.82) is 0 Å². The third-order valence-corrected chi connectivity index (χ3v) is 9.32.